The Hall–Kier alpha value is -3.44. The Morgan fingerprint density at radius 1 is 0.647 bits per heavy atom. The van der Waals surface area contributed by atoms with Crippen LogP contribution in [0, 0.1) is 35.5 Å². The molecule has 18 nitrogen and oxygen atoms in total. The van der Waals surface area contributed by atoms with Crippen molar-refractivity contribution < 1.29 is 91.9 Å². The number of ether oxygens (including phenoxy) is 5. The molecule has 4 N–H and O–H groups in total. The van der Waals surface area contributed by atoms with Crippen LogP contribution < -0.4 is 40.6 Å². The van der Waals surface area contributed by atoms with Gasteiger partial charge in [-0.1, -0.05) is 44.6 Å². The van der Waals surface area contributed by atoms with Crippen LogP contribution in [0.5, 0.6) is 0 Å². The maximum Gasteiger partial charge on any atom is 1.00 e. The predicted octanol–water partition coefficient (Wildman–Crippen LogP) is 5.49. The van der Waals surface area contributed by atoms with Gasteiger partial charge >= 0.3 is 65.6 Å². The standard InChI is InChI=1S/C13H23NO4.C12H21NO4.C8H15NO2.C4H9NO2.C4H6O.CN.6CH4.B.Na/c1-9(11(15)17-5)14(8-10-6-7-10)12(16)18-13(2,3)4;1-8(10(14)15)13(7-9-5-6-9)11(16)17-12(2,3)4;1-6(8(10)11-2)9-5-7-3-4-7;1-3(5)4(6)7-2;5-3-4-1-2-4;1-2;;;;;;;;/h9-10H,6-8H2,1-5H3;8-9H,5-7H2,1-4H3,(H,14,15);6-7,9H,3-5H2,1-2H3;3H,5H2,1-2H3;3-4H,1-2H2;;6*1H4;;/q;;;;;-1;;;;;;;;+1/t9-;8-;6-;3-;;;;;;;;;;/m0000........../s1. The van der Waals surface area contributed by atoms with E-state index in [0.29, 0.717) is 30.8 Å². The summed E-state index contributed by atoms with van der Waals surface area (Å²) in [7, 11) is 4.05. The van der Waals surface area contributed by atoms with Crippen LogP contribution in [0.15, 0.2) is 0 Å². The number of hydrogen-bond donors (Lipinski definition) is 3. The topological polar surface area (TPSA) is 254 Å². The van der Waals surface area contributed by atoms with Gasteiger partial charge in [-0.05, 0) is 145 Å². The number of rotatable bonds is 14. The van der Waals surface area contributed by atoms with Crippen molar-refractivity contribution in [3.8, 4) is 0 Å². The molecule has 4 atom stereocenters. The largest absolute Gasteiger partial charge is 1.00 e. The van der Waals surface area contributed by atoms with Gasteiger partial charge in [0.05, 0.1) is 21.3 Å². The number of carboxylic acids is 1. The fourth-order valence-corrected chi connectivity index (χ4v) is 4.35. The van der Waals surface area contributed by atoms with Gasteiger partial charge in [0.25, 0.3) is 0 Å². The number of carboxylic acid groups (broad SMARTS) is 1. The van der Waals surface area contributed by atoms with Gasteiger partial charge in [-0.15, -0.1) is 0 Å². The van der Waals surface area contributed by atoms with Gasteiger partial charge in [0.1, 0.15) is 41.7 Å². The van der Waals surface area contributed by atoms with E-state index in [1.807, 2.05) is 27.7 Å². The van der Waals surface area contributed by atoms with E-state index < -0.39 is 53.5 Å². The molecule has 0 aromatic rings. The van der Waals surface area contributed by atoms with E-state index in [1.54, 1.807) is 34.6 Å². The smallest absolute Gasteiger partial charge is 0.512 e. The van der Waals surface area contributed by atoms with Crippen molar-refractivity contribution in [1.82, 2.24) is 15.1 Å². The first-order valence-electron chi connectivity index (χ1n) is 20.4. The van der Waals surface area contributed by atoms with Crippen molar-refractivity contribution >= 4 is 50.8 Å². The minimum Gasteiger partial charge on any atom is -0.512 e. The van der Waals surface area contributed by atoms with Gasteiger partial charge < -0.3 is 56.5 Å². The number of carbonyl (C=O) groups excluding carboxylic acids is 6. The molecule has 397 valence electrons. The zero-order valence-corrected chi connectivity index (χ0v) is 41.8. The van der Waals surface area contributed by atoms with Crippen molar-refractivity contribution in [3.05, 3.63) is 6.57 Å². The Kier molecular flexibility index (Phi) is 57.7. The summed E-state index contributed by atoms with van der Waals surface area (Å²) in [5, 5.41) is 18.4. The van der Waals surface area contributed by atoms with Gasteiger partial charge in [-0.3, -0.25) is 19.4 Å². The number of hydrogen-bond acceptors (Lipinski definition) is 15. The summed E-state index contributed by atoms with van der Waals surface area (Å²) in [5.41, 5.74) is 3.91. The molecule has 3 radical (unpaired) electrons. The monoisotopic (exact) mass is 987 g/mol. The summed E-state index contributed by atoms with van der Waals surface area (Å²) in [6.07, 6.45) is 9.26. The quantitative estimate of drug-likeness (QED) is 0.0640. The summed E-state index contributed by atoms with van der Waals surface area (Å²) >= 11 is 0. The molecule has 0 heterocycles. The van der Waals surface area contributed by atoms with Gasteiger partial charge in [0.15, 0.2) is 0 Å². The van der Waals surface area contributed by atoms with Gasteiger partial charge in [-0.25, -0.2) is 19.2 Å². The van der Waals surface area contributed by atoms with E-state index >= 15 is 0 Å². The molecule has 0 unspecified atom stereocenters. The Balaban J connectivity index is -0.0000000782. The van der Waals surface area contributed by atoms with Crippen molar-refractivity contribution in [2.24, 2.45) is 29.4 Å². The number of nitrogens with one attached hydrogen (secondary N) is 1. The van der Waals surface area contributed by atoms with Crippen LogP contribution in [0.1, 0.15) is 165 Å². The fraction of sp³-hybridized carbons (Fsp3) is 0.833. The molecule has 0 aromatic carbocycles. The number of nitrogens with zero attached hydrogens (tertiary/aromatic N) is 3. The average Bonchev–Trinajstić information content (AvgIpc) is 3.99. The summed E-state index contributed by atoms with van der Waals surface area (Å²) in [5.74, 6) is 0.217. The average molecular weight is 987 g/mol. The normalized spacial score (nSPS) is 15.0. The Bertz CT molecular complexity index is 1360. The van der Waals surface area contributed by atoms with Gasteiger partial charge in [0.2, 0.25) is 0 Å². The van der Waals surface area contributed by atoms with Gasteiger partial charge in [0, 0.05) is 27.4 Å². The zero-order chi connectivity index (χ0) is 47.0. The number of carbonyl (C=O) groups is 7. The number of esters is 3. The summed E-state index contributed by atoms with van der Waals surface area (Å²) in [6, 6.07) is -2.10. The minimum absolute atomic E-state index is 0. The molecule has 0 aliphatic heterocycles. The zero-order valence-electron chi connectivity index (χ0n) is 39.8. The molecule has 68 heavy (non-hydrogen) atoms. The molecule has 0 aromatic heterocycles. The first kappa shape index (κ1) is 87.6. The third kappa shape index (κ3) is 46.3. The Labute approximate surface area is 438 Å². The Morgan fingerprint density at radius 2 is 0.971 bits per heavy atom. The second kappa shape index (κ2) is 44.8. The molecule has 20 heteroatoms. The molecule has 0 saturated heterocycles. The summed E-state index contributed by atoms with van der Waals surface area (Å²) in [6.45, 7) is 24.1. The van der Waals surface area contributed by atoms with E-state index in [9.17, 15) is 33.6 Å². The maximum absolute atomic E-state index is 12.1. The van der Waals surface area contributed by atoms with Gasteiger partial charge in [-0.2, -0.15) is 0 Å². The molecule has 4 saturated carbocycles. The van der Waals surface area contributed by atoms with Crippen LogP contribution in [0.4, 0.5) is 9.59 Å². The van der Waals surface area contributed by atoms with Crippen molar-refractivity contribution in [2.45, 2.75) is 201 Å². The van der Waals surface area contributed by atoms with Crippen LogP contribution in [-0.4, -0.2) is 142 Å². The van der Waals surface area contributed by atoms with E-state index in [-0.39, 0.29) is 101 Å². The predicted molar refractivity (Wildman–Crippen MR) is 268 cm³/mol. The summed E-state index contributed by atoms with van der Waals surface area (Å²) < 4.78 is 24.0. The van der Waals surface area contributed by atoms with E-state index in [0.717, 1.165) is 57.3 Å². The van der Waals surface area contributed by atoms with Crippen LogP contribution in [0.25, 0.3) is 0 Å². The van der Waals surface area contributed by atoms with Crippen molar-refractivity contribution in [1.29, 1.82) is 5.26 Å². The van der Waals surface area contributed by atoms with Crippen molar-refractivity contribution in [2.75, 3.05) is 41.0 Å². The second-order valence-corrected chi connectivity index (χ2v) is 17.2. The first-order valence-corrected chi connectivity index (χ1v) is 20.4. The number of aldehydes is 1. The fourth-order valence-electron chi connectivity index (χ4n) is 4.35. The van der Waals surface area contributed by atoms with Crippen LogP contribution in [0.3, 0.4) is 0 Å². The molecule has 0 bridgehead atoms. The third-order valence-corrected chi connectivity index (χ3v) is 8.75. The Morgan fingerprint density at radius 3 is 1.18 bits per heavy atom. The first-order chi connectivity index (χ1) is 27.8. The summed E-state index contributed by atoms with van der Waals surface area (Å²) in [4.78, 5) is 79.9. The molecular weight excluding hydrogens is 888 g/mol. The molecule has 4 aliphatic carbocycles. The van der Waals surface area contributed by atoms with Crippen molar-refractivity contribution in [3.63, 3.8) is 0 Å². The SMILES string of the molecule is C.C.C.C.C.C.COC(=O)[C@H](C)N.COC(=O)[C@H](C)N(CC1CC1)C(=O)OC(C)(C)C.COC(=O)[C@H](C)NCC1CC1.C[C@@H](C(=O)O)N(CC1CC1)C(=O)OC(C)(C)C.O=CC1CC1.[B].[C-]#N.[Na+]. The molecule has 0 spiro atoms. The van der Waals surface area contributed by atoms with E-state index in [4.69, 9.17) is 32.1 Å². The number of methoxy groups -OCH3 is 3. The third-order valence-electron chi connectivity index (χ3n) is 8.75. The minimum atomic E-state index is -1.00. The number of amides is 2. The molecule has 2 amide bonds. The number of nitrogens with two attached hydrogens (primary N) is 1. The maximum atomic E-state index is 12.1. The van der Waals surface area contributed by atoms with E-state index in [2.05, 4.69) is 19.5 Å². The van der Waals surface area contributed by atoms with Crippen LogP contribution in [0.2, 0.25) is 0 Å². The van der Waals surface area contributed by atoms with E-state index in [1.165, 1.54) is 50.9 Å². The molecule has 4 fully saturated rings. The molecular formula is C48H98BN5NaO13. The van der Waals surface area contributed by atoms with Crippen LogP contribution in [-0.2, 0) is 47.7 Å². The van der Waals surface area contributed by atoms with Crippen LogP contribution >= 0.6 is 0 Å². The molecule has 4 rings (SSSR count). The number of aliphatic carboxylic acids is 1. The molecule has 4 aliphatic rings. The second-order valence-electron chi connectivity index (χ2n) is 17.2.